The Labute approximate surface area is 193 Å². The van der Waals surface area contributed by atoms with E-state index in [4.69, 9.17) is 23.7 Å². The zero-order valence-electron chi connectivity index (χ0n) is 19.4. The van der Waals surface area contributed by atoms with Gasteiger partial charge in [0, 0.05) is 26.0 Å². The molecule has 0 saturated carbocycles. The summed E-state index contributed by atoms with van der Waals surface area (Å²) in [5.41, 5.74) is 0.492. The first-order chi connectivity index (χ1) is 15.7. The molecule has 9 nitrogen and oxygen atoms in total. The standard InChI is InChI=1S/C24H31NO8/c1-6-10-17(32-23(28)20(31-15(2)26)16-11-8-7-9-12-16)13-25-19(21(29-5)22(25)27)18-14-30-24(3,4)33-18/h6-9,11-12,17-21H,1,10,13-14H2,2-5H3/t17-,18-,19+,20-,21-/m1/s1. The third-order valence-corrected chi connectivity index (χ3v) is 5.57. The maximum Gasteiger partial charge on any atom is 0.352 e. The van der Waals surface area contributed by atoms with Gasteiger partial charge in [0.1, 0.15) is 12.2 Å². The van der Waals surface area contributed by atoms with E-state index in [1.807, 2.05) is 0 Å². The molecule has 1 aromatic carbocycles. The van der Waals surface area contributed by atoms with Gasteiger partial charge >= 0.3 is 11.9 Å². The van der Waals surface area contributed by atoms with E-state index < -0.39 is 36.0 Å². The summed E-state index contributed by atoms with van der Waals surface area (Å²) in [6.45, 7) is 8.99. The number of benzene rings is 1. The molecule has 0 spiro atoms. The smallest absolute Gasteiger partial charge is 0.352 e. The van der Waals surface area contributed by atoms with Gasteiger partial charge in [-0.25, -0.2) is 4.79 Å². The molecule has 1 amide bonds. The van der Waals surface area contributed by atoms with Gasteiger partial charge in [-0.15, -0.1) is 6.58 Å². The van der Waals surface area contributed by atoms with Crippen LogP contribution in [0.3, 0.4) is 0 Å². The Morgan fingerprint density at radius 3 is 2.52 bits per heavy atom. The van der Waals surface area contributed by atoms with Crippen LogP contribution in [0, 0.1) is 0 Å². The molecule has 180 valence electrons. The minimum Gasteiger partial charge on any atom is -0.457 e. The van der Waals surface area contributed by atoms with Gasteiger partial charge in [-0.2, -0.15) is 0 Å². The fourth-order valence-electron chi connectivity index (χ4n) is 4.11. The van der Waals surface area contributed by atoms with Crippen molar-refractivity contribution in [2.24, 2.45) is 0 Å². The molecule has 9 heteroatoms. The first-order valence-electron chi connectivity index (χ1n) is 10.9. The minimum atomic E-state index is -1.21. The molecule has 0 aliphatic carbocycles. The third-order valence-electron chi connectivity index (χ3n) is 5.57. The Balaban J connectivity index is 1.73. The van der Waals surface area contributed by atoms with Gasteiger partial charge in [0.25, 0.3) is 5.91 Å². The highest BCUT2D eigenvalue weighted by Crippen LogP contribution is 2.34. The van der Waals surface area contributed by atoms with Crippen LogP contribution in [0.2, 0.25) is 0 Å². The van der Waals surface area contributed by atoms with E-state index in [9.17, 15) is 14.4 Å². The number of nitrogens with zero attached hydrogens (tertiary/aromatic N) is 1. The molecule has 0 radical (unpaired) electrons. The quantitative estimate of drug-likeness (QED) is 0.297. The van der Waals surface area contributed by atoms with Crippen molar-refractivity contribution in [3.8, 4) is 0 Å². The monoisotopic (exact) mass is 461 g/mol. The number of esters is 2. The molecule has 2 aliphatic heterocycles. The third kappa shape index (κ3) is 5.79. The highest BCUT2D eigenvalue weighted by Gasteiger charge is 2.55. The average molecular weight is 462 g/mol. The number of rotatable bonds is 10. The van der Waals surface area contributed by atoms with Crippen molar-refractivity contribution in [1.29, 1.82) is 0 Å². The summed E-state index contributed by atoms with van der Waals surface area (Å²) in [5, 5.41) is 0. The van der Waals surface area contributed by atoms with Crippen molar-refractivity contribution < 1.29 is 38.1 Å². The summed E-state index contributed by atoms with van der Waals surface area (Å²) in [5.74, 6) is -2.31. The molecular weight excluding hydrogens is 430 g/mol. The summed E-state index contributed by atoms with van der Waals surface area (Å²) in [6, 6.07) is 8.23. The Kier molecular flexibility index (Phi) is 7.88. The first-order valence-corrected chi connectivity index (χ1v) is 10.9. The van der Waals surface area contributed by atoms with Crippen molar-refractivity contribution in [2.75, 3.05) is 20.3 Å². The van der Waals surface area contributed by atoms with E-state index in [1.165, 1.54) is 14.0 Å². The summed E-state index contributed by atoms with van der Waals surface area (Å²) in [6.07, 6.45) is -1.04. The number of amides is 1. The van der Waals surface area contributed by atoms with Crippen molar-refractivity contribution in [2.45, 2.75) is 63.4 Å². The van der Waals surface area contributed by atoms with E-state index in [1.54, 1.807) is 55.2 Å². The predicted octanol–water partition coefficient (Wildman–Crippen LogP) is 2.16. The lowest BCUT2D eigenvalue weighted by Gasteiger charge is -2.49. The zero-order chi connectivity index (χ0) is 24.2. The number of carbonyl (C=O) groups is 3. The van der Waals surface area contributed by atoms with Crippen molar-refractivity contribution in [3.05, 3.63) is 48.6 Å². The fourth-order valence-corrected chi connectivity index (χ4v) is 4.11. The molecule has 0 N–H and O–H groups in total. The zero-order valence-corrected chi connectivity index (χ0v) is 19.4. The van der Waals surface area contributed by atoms with Gasteiger partial charge in [0.05, 0.1) is 19.2 Å². The van der Waals surface area contributed by atoms with Gasteiger partial charge in [0.15, 0.2) is 11.9 Å². The molecule has 33 heavy (non-hydrogen) atoms. The molecule has 0 bridgehead atoms. The lowest BCUT2D eigenvalue weighted by molar-refractivity contribution is -0.198. The number of carbonyl (C=O) groups excluding carboxylic acids is 3. The van der Waals surface area contributed by atoms with Gasteiger partial charge in [-0.05, 0) is 13.8 Å². The van der Waals surface area contributed by atoms with Crippen LogP contribution in [-0.2, 0) is 38.1 Å². The number of hydrogen-bond acceptors (Lipinski definition) is 8. The van der Waals surface area contributed by atoms with Crippen LogP contribution in [0.25, 0.3) is 0 Å². The lowest BCUT2D eigenvalue weighted by Crippen LogP contribution is -2.71. The molecule has 0 aromatic heterocycles. The second-order valence-electron chi connectivity index (χ2n) is 8.49. The summed E-state index contributed by atoms with van der Waals surface area (Å²) in [7, 11) is 1.47. The average Bonchev–Trinajstić information content (AvgIpc) is 3.12. The molecule has 2 aliphatic rings. The van der Waals surface area contributed by atoms with Crippen LogP contribution in [0.5, 0.6) is 0 Å². The van der Waals surface area contributed by atoms with E-state index >= 15 is 0 Å². The highest BCUT2D eigenvalue weighted by atomic mass is 16.7. The normalized spacial score (nSPS) is 25.6. The number of methoxy groups -OCH3 is 1. The van der Waals surface area contributed by atoms with E-state index in [0.29, 0.717) is 18.6 Å². The SMILES string of the molecule is C=CC[C@H](CN1C(=O)[C@H](OC)[C@@H]1[C@H]1COC(C)(C)O1)OC(=O)[C@H](OC(C)=O)c1ccccc1. The molecule has 1 aromatic rings. The summed E-state index contributed by atoms with van der Waals surface area (Å²) >= 11 is 0. The van der Waals surface area contributed by atoms with Crippen LogP contribution in [-0.4, -0.2) is 73.1 Å². The second-order valence-corrected chi connectivity index (χ2v) is 8.49. The Morgan fingerprint density at radius 1 is 1.27 bits per heavy atom. The Morgan fingerprint density at radius 2 is 1.97 bits per heavy atom. The van der Waals surface area contributed by atoms with Crippen molar-refractivity contribution in [1.82, 2.24) is 4.90 Å². The first kappa shape index (κ1) is 24.9. The maximum absolute atomic E-state index is 13.0. The number of likely N-dealkylation sites (tertiary alicyclic amines) is 1. The Hall–Kier alpha value is -2.75. The molecular formula is C24H31NO8. The topological polar surface area (TPSA) is 101 Å². The number of ether oxygens (including phenoxy) is 5. The molecule has 5 atom stereocenters. The van der Waals surface area contributed by atoms with Crippen LogP contribution >= 0.6 is 0 Å². The molecule has 2 heterocycles. The van der Waals surface area contributed by atoms with Crippen LogP contribution < -0.4 is 0 Å². The van der Waals surface area contributed by atoms with Gasteiger partial charge in [0.2, 0.25) is 6.10 Å². The van der Waals surface area contributed by atoms with Gasteiger partial charge in [-0.3, -0.25) is 9.59 Å². The minimum absolute atomic E-state index is 0.114. The van der Waals surface area contributed by atoms with Gasteiger partial charge in [-0.1, -0.05) is 36.4 Å². The van der Waals surface area contributed by atoms with Crippen molar-refractivity contribution >= 4 is 17.8 Å². The number of β-lactam (4-membered cyclic amide) rings is 1. The number of hydrogen-bond donors (Lipinski definition) is 0. The highest BCUT2D eigenvalue weighted by molar-refractivity contribution is 5.89. The second kappa shape index (κ2) is 10.5. The van der Waals surface area contributed by atoms with Crippen LogP contribution in [0.4, 0.5) is 0 Å². The largest absolute Gasteiger partial charge is 0.457 e. The Bertz CT molecular complexity index is 870. The van der Waals surface area contributed by atoms with Crippen LogP contribution in [0.15, 0.2) is 43.0 Å². The van der Waals surface area contributed by atoms with Crippen LogP contribution in [0.1, 0.15) is 38.9 Å². The van der Waals surface area contributed by atoms with E-state index in [2.05, 4.69) is 6.58 Å². The predicted molar refractivity (Wildman–Crippen MR) is 117 cm³/mol. The molecule has 2 fully saturated rings. The molecule has 3 rings (SSSR count). The summed E-state index contributed by atoms with van der Waals surface area (Å²) < 4.78 is 27.9. The van der Waals surface area contributed by atoms with Gasteiger partial charge < -0.3 is 28.6 Å². The summed E-state index contributed by atoms with van der Waals surface area (Å²) in [4.78, 5) is 38.9. The maximum atomic E-state index is 13.0. The fraction of sp³-hybridized carbons (Fsp3) is 0.542. The lowest BCUT2D eigenvalue weighted by atomic mass is 9.91. The molecule has 2 saturated heterocycles. The van der Waals surface area contributed by atoms with E-state index in [-0.39, 0.29) is 24.6 Å². The van der Waals surface area contributed by atoms with Crippen molar-refractivity contribution in [3.63, 3.8) is 0 Å². The van der Waals surface area contributed by atoms with E-state index in [0.717, 1.165) is 0 Å². The molecule has 0 unspecified atom stereocenters.